The molecule has 1 aromatic rings. The second-order valence-corrected chi connectivity index (χ2v) is 9.25. The predicted molar refractivity (Wildman–Crippen MR) is 112 cm³/mol. The summed E-state index contributed by atoms with van der Waals surface area (Å²) in [4.78, 5) is 30.8. The molecule has 3 heterocycles. The lowest BCUT2D eigenvalue weighted by atomic mass is 9.78. The number of hydrogen-bond acceptors (Lipinski definition) is 4. The van der Waals surface area contributed by atoms with Crippen molar-refractivity contribution in [2.75, 3.05) is 42.6 Å². The number of ether oxygens (including phenoxy) is 1. The van der Waals surface area contributed by atoms with E-state index in [-0.39, 0.29) is 17.1 Å². The Morgan fingerprint density at radius 3 is 2.57 bits per heavy atom. The molecule has 4 aliphatic rings. The van der Waals surface area contributed by atoms with E-state index in [0.717, 1.165) is 45.2 Å². The van der Waals surface area contributed by atoms with Gasteiger partial charge in [-0.25, -0.2) is 9.18 Å². The van der Waals surface area contributed by atoms with Gasteiger partial charge in [0.2, 0.25) is 5.91 Å². The Balaban J connectivity index is 1.33. The highest BCUT2D eigenvalue weighted by Crippen LogP contribution is 2.44. The second kappa shape index (κ2) is 7.75. The van der Waals surface area contributed by atoms with Gasteiger partial charge in [0.1, 0.15) is 12.4 Å². The van der Waals surface area contributed by atoms with Crippen LogP contribution < -0.4 is 9.80 Å². The molecular formula is C23H30FN3O3. The van der Waals surface area contributed by atoms with Crippen molar-refractivity contribution in [1.82, 2.24) is 4.90 Å². The van der Waals surface area contributed by atoms with Crippen molar-refractivity contribution in [1.29, 1.82) is 0 Å². The molecule has 3 saturated heterocycles. The van der Waals surface area contributed by atoms with Crippen LogP contribution in [0.25, 0.3) is 0 Å². The molecule has 1 saturated carbocycles. The summed E-state index contributed by atoms with van der Waals surface area (Å²) in [6.07, 6.45) is 8.19. The number of likely N-dealkylation sites (tertiary alicyclic amines) is 1. The lowest BCUT2D eigenvalue weighted by Gasteiger charge is -2.41. The van der Waals surface area contributed by atoms with E-state index in [1.807, 2.05) is 4.90 Å². The van der Waals surface area contributed by atoms with E-state index < -0.39 is 6.09 Å². The Morgan fingerprint density at radius 2 is 1.83 bits per heavy atom. The zero-order valence-corrected chi connectivity index (χ0v) is 17.4. The summed E-state index contributed by atoms with van der Waals surface area (Å²) in [5, 5.41) is 0. The molecule has 3 aliphatic heterocycles. The molecule has 30 heavy (non-hydrogen) atoms. The molecule has 0 bridgehead atoms. The normalized spacial score (nSPS) is 28.0. The molecule has 0 radical (unpaired) electrons. The molecule has 7 heteroatoms. The number of carbonyl (C=O) groups excluding carboxylic acids is 2. The van der Waals surface area contributed by atoms with Crippen molar-refractivity contribution in [3.8, 4) is 0 Å². The summed E-state index contributed by atoms with van der Waals surface area (Å²) < 4.78 is 20.0. The summed E-state index contributed by atoms with van der Waals surface area (Å²) in [5.41, 5.74) is 0.666. The summed E-state index contributed by atoms with van der Waals surface area (Å²) in [6.45, 7) is 2.94. The molecule has 1 atom stereocenters. The Bertz CT molecular complexity index is 841. The number of hydrogen-bond donors (Lipinski definition) is 0. The zero-order valence-electron chi connectivity index (χ0n) is 17.4. The standard InChI is InChI=1S/C23H30FN3O3/c24-19-15-18(27-13-14-30-22(27)29)7-8-20(19)25-11-4-9-23(16-25)10-12-26(21(23)28)17-5-2-1-3-6-17/h7-8,15,17H,1-6,9-14,16H2/t23-/m1/s1. The van der Waals surface area contributed by atoms with Gasteiger partial charge in [0, 0.05) is 25.7 Å². The SMILES string of the molecule is O=C1OCCN1c1ccc(N2CCC[C@@]3(CCN(C4CCCCC4)C3=O)C2)c(F)c1. The Kier molecular flexibility index (Phi) is 5.07. The molecule has 1 spiro atoms. The Labute approximate surface area is 176 Å². The summed E-state index contributed by atoms with van der Waals surface area (Å²) in [6, 6.07) is 5.33. The number of anilines is 2. The van der Waals surface area contributed by atoms with E-state index in [2.05, 4.69) is 4.90 Å². The van der Waals surface area contributed by atoms with Crippen LogP contribution in [0.1, 0.15) is 51.4 Å². The van der Waals surface area contributed by atoms with Crippen LogP contribution in [0.15, 0.2) is 18.2 Å². The molecule has 0 N–H and O–H groups in total. The van der Waals surface area contributed by atoms with Crippen LogP contribution in [0.3, 0.4) is 0 Å². The first-order valence-corrected chi connectivity index (χ1v) is 11.4. The average Bonchev–Trinajstić information content (AvgIpc) is 3.32. The maximum atomic E-state index is 15.0. The average molecular weight is 416 g/mol. The molecule has 6 nitrogen and oxygen atoms in total. The molecule has 0 aromatic heterocycles. The van der Waals surface area contributed by atoms with Gasteiger partial charge in [-0.05, 0) is 50.3 Å². The van der Waals surface area contributed by atoms with Gasteiger partial charge in [-0.15, -0.1) is 0 Å². The van der Waals surface area contributed by atoms with Gasteiger partial charge in [-0.1, -0.05) is 19.3 Å². The van der Waals surface area contributed by atoms with Crippen molar-refractivity contribution >= 4 is 23.4 Å². The number of piperidine rings is 1. The van der Waals surface area contributed by atoms with Crippen LogP contribution in [0.5, 0.6) is 0 Å². The minimum atomic E-state index is -0.432. The van der Waals surface area contributed by atoms with Crippen molar-refractivity contribution in [2.45, 2.75) is 57.4 Å². The van der Waals surface area contributed by atoms with Crippen molar-refractivity contribution in [3.63, 3.8) is 0 Å². The van der Waals surface area contributed by atoms with Crippen LogP contribution in [0, 0.1) is 11.2 Å². The third-order valence-corrected chi connectivity index (χ3v) is 7.48. The largest absolute Gasteiger partial charge is 0.447 e. The van der Waals surface area contributed by atoms with Gasteiger partial charge in [0.25, 0.3) is 0 Å². The van der Waals surface area contributed by atoms with Gasteiger partial charge in [0.15, 0.2) is 0 Å². The van der Waals surface area contributed by atoms with Crippen molar-refractivity contribution in [2.24, 2.45) is 5.41 Å². The highest BCUT2D eigenvalue weighted by atomic mass is 19.1. The molecule has 162 valence electrons. The maximum Gasteiger partial charge on any atom is 0.414 e. The zero-order chi connectivity index (χ0) is 20.7. The number of halogens is 1. The lowest BCUT2D eigenvalue weighted by molar-refractivity contribution is -0.138. The van der Waals surface area contributed by atoms with Gasteiger partial charge in [-0.3, -0.25) is 9.69 Å². The topological polar surface area (TPSA) is 53.1 Å². The number of nitrogens with zero attached hydrogens (tertiary/aromatic N) is 3. The first-order chi connectivity index (χ1) is 14.6. The third kappa shape index (κ3) is 3.32. The van der Waals surface area contributed by atoms with Crippen LogP contribution >= 0.6 is 0 Å². The predicted octanol–water partition coefficient (Wildman–Crippen LogP) is 3.93. The van der Waals surface area contributed by atoms with Crippen LogP contribution in [-0.2, 0) is 9.53 Å². The Hall–Kier alpha value is -2.31. The summed E-state index contributed by atoms with van der Waals surface area (Å²) in [7, 11) is 0. The second-order valence-electron chi connectivity index (χ2n) is 9.25. The van der Waals surface area contributed by atoms with Crippen molar-refractivity contribution < 1.29 is 18.7 Å². The smallest absolute Gasteiger partial charge is 0.414 e. The minimum Gasteiger partial charge on any atom is -0.447 e. The quantitative estimate of drug-likeness (QED) is 0.751. The monoisotopic (exact) mass is 415 g/mol. The van der Waals surface area contributed by atoms with E-state index in [1.54, 1.807) is 12.1 Å². The molecular weight excluding hydrogens is 385 g/mol. The fourth-order valence-electron chi connectivity index (χ4n) is 5.85. The van der Waals surface area contributed by atoms with Gasteiger partial charge >= 0.3 is 6.09 Å². The molecule has 1 aliphatic carbocycles. The number of rotatable bonds is 3. The van der Waals surface area contributed by atoms with E-state index in [0.29, 0.717) is 37.1 Å². The number of amides is 2. The maximum absolute atomic E-state index is 15.0. The molecule has 0 unspecified atom stereocenters. The van der Waals surface area contributed by atoms with Crippen molar-refractivity contribution in [3.05, 3.63) is 24.0 Å². The summed E-state index contributed by atoms with van der Waals surface area (Å²) >= 11 is 0. The Morgan fingerprint density at radius 1 is 1.00 bits per heavy atom. The van der Waals surface area contributed by atoms with E-state index in [9.17, 15) is 9.59 Å². The molecule has 5 rings (SSSR count). The molecule has 2 amide bonds. The highest BCUT2D eigenvalue weighted by Gasteiger charge is 2.50. The van der Waals surface area contributed by atoms with Crippen LogP contribution in [0.4, 0.5) is 20.6 Å². The van der Waals surface area contributed by atoms with E-state index in [1.165, 1.54) is 30.2 Å². The van der Waals surface area contributed by atoms with Gasteiger partial charge in [0.05, 0.1) is 23.3 Å². The number of cyclic esters (lactones) is 1. The number of carbonyl (C=O) groups is 2. The fraction of sp³-hybridized carbons (Fsp3) is 0.652. The lowest BCUT2D eigenvalue weighted by Crippen LogP contribution is -2.50. The van der Waals surface area contributed by atoms with Crippen LogP contribution in [-0.4, -0.2) is 55.7 Å². The first-order valence-electron chi connectivity index (χ1n) is 11.4. The highest BCUT2D eigenvalue weighted by molar-refractivity contribution is 5.89. The molecule has 1 aromatic carbocycles. The van der Waals surface area contributed by atoms with Gasteiger partial charge < -0.3 is 14.5 Å². The minimum absolute atomic E-state index is 0.288. The fourth-order valence-corrected chi connectivity index (χ4v) is 5.85. The van der Waals surface area contributed by atoms with Crippen LogP contribution in [0.2, 0.25) is 0 Å². The third-order valence-electron chi connectivity index (χ3n) is 7.48. The number of benzene rings is 1. The summed E-state index contributed by atoms with van der Waals surface area (Å²) in [5.74, 6) is -0.0604. The van der Waals surface area contributed by atoms with Gasteiger partial charge in [-0.2, -0.15) is 0 Å². The first kappa shape index (κ1) is 19.6. The van der Waals surface area contributed by atoms with E-state index >= 15 is 4.39 Å². The molecule has 4 fully saturated rings. The van der Waals surface area contributed by atoms with E-state index in [4.69, 9.17) is 4.74 Å².